The number of ether oxygens (including phenoxy) is 3. The summed E-state index contributed by atoms with van der Waals surface area (Å²) in [6.45, 7) is 1.65. The topological polar surface area (TPSA) is 98.2 Å². The first-order chi connectivity index (χ1) is 13.5. The maximum absolute atomic E-state index is 12.3. The van der Waals surface area contributed by atoms with Crippen LogP contribution in [0.5, 0.6) is 17.2 Å². The van der Waals surface area contributed by atoms with Gasteiger partial charge in [0.2, 0.25) is 5.91 Å². The van der Waals surface area contributed by atoms with Gasteiger partial charge in [-0.05, 0) is 43.3 Å². The van der Waals surface area contributed by atoms with Gasteiger partial charge in [0.15, 0.2) is 0 Å². The Morgan fingerprint density at radius 2 is 1.57 bits per heavy atom. The molecule has 0 aliphatic rings. The zero-order chi connectivity index (χ0) is 20.5. The molecule has 0 saturated carbocycles. The van der Waals surface area contributed by atoms with Crippen molar-refractivity contribution in [3.63, 3.8) is 0 Å². The summed E-state index contributed by atoms with van der Waals surface area (Å²) < 4.78 is 15.4. The van der Waals surface area contributed by atoms with E-state index in [4.69, 9.17) is 14.2 Å². The zero-order valence-corrected chi connectivity index (χ0v) is 16.2. The van der Waals surface area contributed by atoms with Crippen LogP contribution in [-0.4, -0.2) is 38.9 Å². The second-order valence-electron chi connectivity index (χ2n) is 5.81. The van der Waals surface area contributed by atoms with Crippen LogP contribution in [0.4, 0.5) is 5.69 Å². The van der Waals surface area contributed by atoms with E-state index in [-0.39, 0.29) is 12.3 Å². The summed E-state index contributed by atoms with van der Waals surface area (Å²) in [5.74, 6) is 0.940. The molecule has 2 N–H and O–H groups in total. The average Bonchev–Trinajstić information content (AvgIpc) is 2.71. The molecule has 0 unspecified atom stereocenters. The average molecular weight is 385 g/mol. The minimum atomic E-state index is -0.450. The number of hydrogen-bond donors (Lipinski definition) is 2. The summed E-state index contributed by atoms with van der Waals surface area (Å²) in [4.78, 5) is 24.4. The highest BCUT2D eigenvalue weighted by Gasteiger charge is 2.13. The predicted molar refractivity (Wildman–Crippen MR) is 106 cm³/mol. The Balaban J connectivity index is 1.94. The summed E-state index contributed by atoms with van der Waals surface area (Å²) in [7, 11) is 4.56. The molecule has 0 aromatic heterocycles. The number of benzene rings is 2. The monoisotopic (exact) mass is 385 g/mol. The van der Waals surface area contributed by atoms with Crippen molar-refractivity contribution < 1.29 is 23.8 Å². The molecule has 2 amide bonds. The fraction of sp³-hybridized carbons (Fsp3) is 0.250. The molecule has 2 aromatic rings. The Kier molecular flexibility index (Phi) is 7.38. The second-order valence-corrected chi connectivity index (χ2v) is 5.81. The fourth-order valence-electron chi connectivity index (χ4n) is 2.34. The first-order valence-corrected chi connectivity index (χ1v) is 8.46. The van der Waals surface area contributed by atoms with Gasteiger partial charge in [0, 0.05) is 17.5 Å². The van der Waals surface area contributed by atoms with Gasteiger partial charge in [-0.25, -0.2) is 5.43 Å². The van der Waals surface area contributed by atoms with Crippen LogP contribution in [0.1, 0.15) is 23.7 Å². The Labute approximate surface area is 163 Å². The molecule has 28 heavy (non-hydrogen) atoms. The van der Waals surface area contributed by atoms with Crippen LogP contribution in [0.2, 0.25) is 0 Å². The highest BCUT2D eigenvalue weighted by atomic mass is 16.5. The van der Waals surface area contributed by atoms with Gasteiger partial charge in [0.1, 0.15) is 17.2 Å². The summed E-state index contributed by atoms with van der Waals surface area (Å²) >= 11 is 0. The second kappa shape index (κ2) is 9.96. The molecule has 2 aromatic carbocycles. The first-order valence-electron chi connectivity index (χ1n) is 8.46. The van der Waals surface area contributed by atoms with E-state index in [2.05, 4.69) is 15.8 Å². The SMILES string of the molecule is COc1ccc(NC(=O)C/C(C)=N/NC(=O)c2ccc(OC)cc2OC)cc1. The number of hydrogen-bond acceptors (Lipinski definition) is 6. The van der Waals surface area contributed by atoms with Gasteiger partial charge in [-0.2, -0.15) is 5.10 Å². The van der Waals surface area contributed by atoms with Crippen molar-refractivity contribution in [1.29, 1.82) is 0 Å². The molecule has 0 heterocycles. The van der Waals surface area contributed by atoms with Crippen LogP contribution in [-0.2, 0) is 4.79 Å². The summed E-state index contributed by atoms with van der Waals surface area (Å²) in [6, 6.07) is 11.8. The Hall–Kier alpha value is -3.55. The van der Waals surface area contributed by atoms with Crippen LogP contribution < -0.4 is 25.0 Å². The fourth-order valence-corrected chi connectivity index (χ4v) is 2.34. The summed E-state index contributed by atoms with van der Waals surface area (Å²) in [5, 5.41) is 6.73. The van der Waals surface area contributed by atoms with Crippen LogP contribution in [0.25, 0.3) is 0 Å². The molecule has 0 fully saturated rings. The van der Waals surface area contributed by atoms with Gasteiger partial charge < -0.3 is 19.5 Å². The van der Waals surface area contributed by atoms with E-state index in [1.54, 1.807) is 56.5 Å². The normalized spacial score (nSPS) is 10.8. The first kappa shape index (κ1) is 20.8. The molecule has 148 valence electrons. The number of carbonyl (C=O) groups excluding carboxylic acids is 2. The Morgan fingerprint density at radius 1 is 0.929 bits per heavy atom. The highest BCUT2D eigenvalue weighted by Crippen LogP contribution is 2.24. The van der Waals surface area contributed by atoms with Gasteiger partial charge in [0.05, 0.1) is 33.3 Å². The van der Waals surface area contributed by atoms with Gasteiger partial charge in [0.25, 0.3) is 5.91 Å². The molecule has 0 bridgehead atoms. The van der Waals surface area contributed by atoms with Crippen molar-refractivity contribution in [3.8, 4) is 17.2 Å². The van der Waals surface area contributed by atoms with Gasteiger partial charge in [-0.15, -0.1) is 0 Å². The van der Waals surface area contributed by atoms with E-state index in [1.807, 2.05) is 0 Å². The van der Waals surface area contributed by atoms with Crippen LogP contribution in [0, 0.1) is 0 Å². The van der Waals surface area contributed by atoms with E-state index >= 15 is 0 Å². The third-order valence-electron chi connectivity index (χ3n) is 3.79. The lowest BCUT2D eigenvalue weighted by Gasteiger charge is -2.09. The highest BCUT2D eigenvalue weighted by molar-refractivity contribution is 6.06. The molecular formula is C20H23N3O5. The molecule has 8 nitrogen and oxygen atoms in total. The molecule has 0 atom stereocenters. The van der Waals surface area contributed by atoms with E-state index in [9.17, 15) is 9.59 Å². The number of nitrogens with one attached hydrogen (secondary N) is 2. The minimum absolute atomic E-state index is 0.0338. The molecule has 0 saturated heterocycles. The predicted octanol–water partition coefficient (Wildman–Crippen LogP) is 2.85. The van der Waals surface area contributed by atoms with Gasteiger partial charge in [-0.1, -0.05) is 0 Å². The number of amides is 2. The largest absolute Gasteiger partial charge is 0.497 e. The van der Waals surface area contributed by atoms with Gasteiger partial charge >= 0.3 is 0 Å². The van der Waals surface area contributed by atoms with Crippen molar-refractivity contribution in [1.82, 2.24) is 5.43 Å². The molecule has 0 aliphatic carbocycles. The smallest absolute Gasteiger partial charge is 0.275 e. The van der Waals surface area contributed by atoms with Gasteiger partial charge in [-0.3, -0.25) is 9.59 Å². The summed E-state index contributed by atoms with van der Waals surface area (Å²) in [5.41, 5.74) is 3.83. The van der Waals surface area contributed by atoms with E-state index in [0.717, 1.165) is 0 Å². The summed E-state index contributed by atoms with van der Waals surface area (Å²) in [6.07, 6.45) is 0.0338. The Bertz CT molecular complexity index is 863. The molecular weight excluding hydrogens is 362 g/mol. The number of anilines is 1. The lowest BCUT2D eigenvalue weighted by molar-refractivity contribution is -0.115. The number of methoxy groups -OCH3 is 3. The molecule has 2 rings (SSSR count). The maximum atomic E-state index is 12.3. The van der Waals surface area contributed by atoms with Crippen LogP contribution in [0.15, 0.2) is 47.6 Å². The zero-order valence-electron chi connectivity index (χ0n) is 16.2. The van der Waals surface area contributed by atoms with Crippen molar-refractivity contribution in [2.24, 2.45) is 5.10 Å². The van der Waals surface area contributed by atoms with Crippen molar-refractivity contribution in [3.05, 3.63) is 48.0 Å². The number of rotatable bonds is 8. The van der Waals surface area contributed by atoms with E-state index in [0.29, 0.717) is 34.2 Å². The number of hydrazone groups is 1. The molecule has 8 heteroatoms. The minimum Gasteiger partial charge on any atom is -0.497 e. The third kappa shape index (κ3) is 5.73. The quantitative estimate of drug-likeness (QED) is 0.538. The molecule has 0 radical (unpaired) electrons. The molecule has 0 spiro atoms. The van der Waals surface area contributed by atoms with E-state index in [1.165, 1.54) is 14.2 Å². The lowest BCUT2D eigenvalue weighted by Crippen LogP contribution is -2.22. The lowest BCUT2D eigenvalue weighted by atomic mass is 10.2. The maximum Gasteiger partial charge on any atom is 0.275 e. The van der Waals surface area contributed by atoms with Crippen molar-refractivity contribution >= 4 is 23.2 Å². The van der Waals surface area contributed by atoms with Crippen molar-refractivity contribution in [2.45, 2.75) is 13.3 Å². The van der Waals surface area contributed by atoms with Crippen LogP contribution >= 0.6 is 0 Å². The number of carbonyl (C=O) groups is 2. The third-order valence-corrected chi connectivity index (χ3v) is 3.79. The Morgan fingerprint density at radius 3 is 2.18 bits per heavy atom. The van der Waals surface area contributed by atoms with E-state index < -0.39 is 5.91 Å². The van der Waals surface area contributed by atoms with Crippen molar-refractivity contribution in [2.75, 3.05) is 26.6 Å². The van der Waals surface area contributed by atoms with Crippen LogP contribution in [0.3, 0.4) is 0 Å². The number of nitrogens with zero attached hydrogens (tertiary/aromatic N) is 1. The molecule has 0 aliphatic heterocycles. The standard InChI is InChI=1S/C20H23N3O5/c1-13(11-19(24)21-14-5-7-15(26-2)8-6-14)22-23-20(25)17-10-9-16(27-3)12-18(17)28-4/h5-10,12H,11H2,1-4H3,(H,21,24)(H,23,25)/b22-13+.